The van der Waals surface area contributed by atoms with Crippen LogP contribution in [0.25, 0.3) is 6.08 Å². The molecular weight excluding hydrogens is 476 g/mol. The lowest BCUT2D eigenvalue weighted by molar-refractivity contribution is -0.132. The third kappa shape index (κ3) is 5.38. The summed E-state index contributed by atoms with van der Waals surface area (Å²) in [4.78, 5) is 36.7. The average molecular weight is 507 g/mol. The number of phenols is 1. The van der Waals surface area contributed by atoms with Crippen molar-refractivity contribution in [2.75, 3.05) is 0 Å². The quantitative estimate of drug-likeness (QED) is 0.315. The summed E-state index contributed by atoms with van der Waals surface area (Å²) >= 11 is 0. The summed E-state index contributed by atoms with van der Waals surface area (Å²) in [6.07, 6.45) is 5.09. The minimum atomic E-state index is -0.823. The number of phenolic OH excluding ortho intramolecular Hbond substituents is 1. The SMILES string of the molecule is CC(=O)Oc1ccc([C@@H]2CC(=O)c3c(O)c4c(c(CC=C(C)C)c3O2)OC(C)(C)C=C4)c(OC(C)=O)c1. The number of ketones is 1. The summed E-state index contributed by atoms with van der Waals surface area (Å²) in [7, 11) is 0. The molecule has 2 aromatic carbocycles. The van der Waals surface area contributed by atoms with E-state index in [1.54, 1.807) is 12.1 Å². The van der Waals surface area contributed by atoms with Crippen molar-refractivity contribution < 1.29 is 38.4 Å². The number of esters is 2. The van der Waals surface area contributed by atoms with Crippen LogP contribution in [0.1, 0.15) is 81.1 Å². The number of allylic oxidation sites excluding steroid dienone is 2. The lowest BCUT2D eigenvalue weighted by Crippen LogP contribution is -2.29. The van der Waals surface area contributed by atoms with Gasteiger partial charge in [-0.05, 0) is 58.4 Å². The van der Waals surface area contributed by atoms with E-state index in [2.05, 4.69) is 0 Å². The number of hydrogen-bond donors (Lipinski definition) is 1. The maximum atomic E-state index is 13.4. The van der Waals surface area contributed by atoms with Crippen LogP contribution in [-0.2, 0) is 16.0 Å². The van der Waals surface area contributed by atoms with Gasteiger partial charge in [-0.15, -0.1) is 0 Å². The van der Waals surface area contributed by atoms with Gasteiger partial charge in [-0.2, -0.15) is 0 Å². The van der Waals surface area contributed by atoms with Crippen molar-refractivity contribution in [3.8, 4) is 28.7 Å². The summed E-state index contributed by atoms with van der Waals surface area (Å²) in [5.41, 5.74) is 2.06. The third-order valence-corrected chi connectivity index (χ3v) is 6.00. The molecule has 0 bridgehead atoms. The number of carbonyl (C=O) groups is 3. The Morgan fingerprint density at radius 2 is 1.81 bits per heavy atom. The smallest absolute Gasteiger partial charge is 0.308 e. The van der Waals surface area contributed by atoms with Crippen molar-refractivity contribution in [2.24, 2.45) is 0 Å². The zero-order chi connectivity index (χ0) is 27.1. The second-order valence-corrected chi connectivity index (χ2v) is 9.92. The van der Waals surface area contributed by atoms with Crippen molar-refractivity contribution in [2.45, 2.75) is 66.1 Å². The summed E-state index contributed by atoms with van der Waals surface area (Å²) < 4.78 is 23.2. The summed E-state index contributed by atoms with van der Waals surface area (Å²) in [5, 5.41) is 11.1. The fourth-order valence-electron chi connectivity index (χ4n) is 4.38. The Morgan fingerprint density at radius 1 is 1.11 bits per heavy atom. The van der Waals surface area contributed by atoms with Crippen LogP contribution in [0.3, 0.4) is 0 Å². The highest BCUT2D eigenvalue weighted by Crippen LogP contribution is 2.52. The predicted octanol–water partition coefficient (Wildman–Crippen LogP) is 5.64. The largest absolute Gasteiger partial charge is 0.506 e. The van der Waals surface area contributed by atoms with Gasteiger partial charge in [0.15, 0.2) is 5.78 Å². The molecule has 37 heavy (non-hydrogen) atoms. The second-order valence-electron chi connectivity index (χ2n) is 9.92. The number of carbonyl (C=O) groups excluding carboxylic acids is 3. The molecule has 0 aliphatic carbocycles. The molecule has 0 amide bonds. The fraction of sp³-hybridized carbons (Fsp3) is 0.345. The van der Waals surface area contributed by atoms with Crippen LogP contribution in [-0.4, -0.2) is 28.4 Å². The molecular formula is C29H30O8. The number of Topliss-reactive ketones (excluding diaryl/α,β-unsaturated/α-hetero) is 1. The van der Waals surface area contributed by atoms with E-state index in [0.717, 1.165) is 5.57 Å². The van der Waals surface area contributed by atoms with Crippen molar-refractivity contribution >= 4 is 23.8 Å². The molecule has 2 aromatic rings. The minimum Gasteiger partial charge on any atom is -0.506 e. The normalized spacial score (nSPS) is 17.0. The Labute approximate surface area is 215 Å². The van der Waals surface area contributed by atoms with E-state index < -0.39 is 23.6 Å². The zero-order valence-electron chi connectivity index (χ0n) is 21.8. The molecule has 0 saturated carbocycles. The van der Waals surface area contributed by atoms with Crippen molar-refractivity contribution in [1.82, 2.24) is 0 Å². The molecule has 0 unspecified atom stereocenters. The monoisotopic (exact) mass is 506 g/mol. The Kier molecular flexibility index (Phi) is 6.86. The van der Waals surface area contributed by atoms with Gasteiger partial charge in [0.1, 0.15) is 46.0 Å². The van der Waals surface area contributed by atoms with Gasteiger partial charge in [0.25, 0.3) is 0 Å². The Morgan fingerprint density at radius 3 is 2.46 bits per heavy atom. The maximum Gasteiger partial charge on any atom is 0.308 e. The van der Waals surface area contributed by atoms with E-state index in [1.807, 2.05) is 39.8 Å². The van der Waals surface area contributed by atoms with Crippen LogP contribution in [0.2, 0.25) is 0 Å². The van der Waals surface area contributed by atoms with Crippen molar-refractivity contribution in [3.05, 3.63) is 58.2 Å². The molecule has 0 spiro atoms. The van der Waals surface area contributed by atoms with E-state index in [0.29, 0.717) is 28.9 Å². The van der Waals surface area contributed by atoms with Crippen LogP contribution in [0.15, 0.2) is 35.9 Å². The molecule has 2 heterocycles. The molecule has 4 rings (SSSR count). The van der Waals surface area contributed by atoms with E-state index in [1.165, 1.54) is 26.0 Å². The zero-order valence-corrected chi connectivity index (χ0v) is 21.8. The first kappa shape index (κ1) is 26.0. The molecule has 0 saturated heterocycles. The maximum absolute atomic E-state index is 13.4. The van der Waals surface area contributed by atoms with Crippen LogP contribution in [0, 0.1) is 0 Å². The first-order valence-electron chi connectivity index (χ1n) is 12.0. The van der Waals surface area contributed by atoms with E-state index in [-0.39, 0.29) is 40.8 Å². The number of benzene rings is 2. The topological polar surface area (TPSA) is 108 Å². The highest BCUT2D eigenvalue weighted by molar-refractivity contribution is 6.05. The number of fused-ring (bicyclic) bond motifs is 2. The van der Waals surface area contributed by atoms with Crippen LogP contribution in [0.4, 0.5) is 0 Å². The van der Waals surface area contributed by atoms with Crippen LogP contribution >= 0.6 is 0 Å². The average Bonchev–Trinajstić information content (AvgIpc) is 2.77. The van der Waals surface area contributed by atoms with Gasteiger partial charge >= 0.3 is 11.9 Å². The minimum absolute atomic E-state index is 0.0985. The lowest BCUT2D eigenvalue weighted by atomic mass is 9.88. The van der Waals surface area contributed by atoms with Gasteiger partial charge in [0.2, 0.25) is 0 Å². The van der Waals surface area contributed by atoms with Crippen molar-refractivity contribution in [1.29, 1.82) is 0 Å². The Bertz CT molecular complexity index is 1360. The van der Waals surface area contributed by atoms with Gasteiger partial charge in [-0.1, -0.05) is 11.6 Å². The molecule has 0 aromatic heterocycles. The lowest BCUT2D eigenvalue weighted by Gasteiger charge is -2.34. The number of rotatable bonds is 5. The Hall–Kier alpha value is -4.07. The summed E-state index contributed by atoms with van der Waals surface area (Å²) in [6.45, 7) is 10.2. The van der Waals surface area contributed by atoms with Gasteiger partial charge in [0, 0.05) is 31.0 Å². The number of aromatic hydroxyl groups is 1. The van der Waals surface area contributed by atoms with E-state index in [4.69, 9.17) is 18.9 Å². The standard InChI is InChI=1S/C29H30O8/c1-15(2)7-9-21-27-20(11-12-29(5,6)37-27)26(33)25-22(32)14-24(36-28(21)25)19-10-8-18(34-16(3)30)13-23(19)35-17(4)31/h7-8,10-13,24,33H,9,14H2,1-6H3/t24-/m0/s1. The fourth-order valence-corrected chi connectivity index (χ4v) is 4.38. The first-order valence-corrected chi connectivity index (χ1v) is 12.0. The molecule has 194 valence electrons. The van der Waals surface area contributed by atoms with Crippen LogP contribution in [0.5, 0.6) is 28.7 Å². The predicted molar refractivity (Wildman–Crippen MR) is 136 cm³/mol. The van der Waals surface area contributed by atoms with E-state index >= 15 is 0 Å². The van der Waals surface area contributed by atoms with Crippen LogP contribution < -0.4 is 18.9 Å². The highest BCUT2D eigenvalue weighted by atomic mass is 16.5. The molecule has 2 aliphatic rings. The number of hydrogen-bond acceptors (Lipinski definition) is 8. The molecule has 0 fully saturated rings. The molecule has 0 radical (unpaired) electrons. The summed E-state index contributed by atoms with van der Waals surface area (Å²) in [6, 6.07) is 4.54. The Balaban J connectivity index is 1.87. The second kappa shape index (κ2) is 9.76. The van der Waals surface area contributed by atoms with Crippen molar-refractivity contribution in [3.63, 3.8) is 0 Å². The van der Waals surface area contributed by atoms with Gasteiger partial charge in [-0.3, -0.25) is 14.4 Å². The first-order chi connectivity index (χ1) is 17.4. The van der Waals surface area contributed by atoms with Gasteiger partial charge < -0.3 is 24.1 Å². The van der Waals surface area contributed by atoms with Gasteiger partial charge in [0.05, 0.1) is 12.0 Å². The third-order valence-electron chi connectivity index (χ3n) is 6.00. The van der Waals surface area contributed by atoms with E-state index in [9.17, 15) is 19.5 Å². The van der Waals surface area contributed by atoms with Gasteiger partial charge in [-0.25, -0.2) is 0 Å². The molecule has 8 nitrogen and oxygen atoms in total. The molecule has 2 aliphatic heterocycles. The highest BCUT2D eigenvalue weighted by Gasteiger charge is 2.38. The molecule has 8 heteroatoms. The molecule has 1 atom stereocenters. The number of ether oxygens (including phenoxy) is 4. The molecule has 1 N–H and O–H groups in total. The summed E-state index contributed by atoms with van der Waals surface area (Å²) in [5.74, 6) is -0.622.